The molecule has 0 heterocycles. The van der Waals surface area contributed by atoms with Gasteiger partial charge in [0.15, 0.2) is 0 Å². The molecule has 0 atom stereocenters. The Bertz CT molecular complexity index is 549. The van der Waals surface area contributed by atoms with Gasteiger partial charge in [-0.2, -0.15) is 0 Å². The summed E-state index contributed by atoms with van der Waals surface area (Å²) in [6.45, 7) is 0. The maximum atomic E-state index is 11.7. The van der Waals surface area contributed by atoms with Crippen LogP contribution in [0.25, 0.3) is 11.1 Å². The molecule has 0 spiro atoms. The highest BCUT2D eigenvalue weighted by molar-refractivity contribution is 6.17. The molecule has 0 saturated carbocycles. The zero-order chi connectivity index (χ0) is 14.9. The second kappa shape index (κ2) is 8.48. The zero-order valence-electron chi connectivity index (χ0n) is 11.9. The molecule has 0 aliphatic heterocycles. The SMILES string of the molecule is O=C(CCCCCCl)Oc1ccc(-c2ccccc2)cc1. The van der Waals surface area contributed by atoms with Gasteiger partial charge < -0.3 is 4.74 Å². The first-order valence-electron chi connectivity index (χ1n) is 7.22. The molecule has 0 saturated heterocycles. The van der Waals surface area contributed by atoms with E-state index in [4.69, 9.17) is 16.3 Å². The molecule has 2 aromatic carbocycles. The Morgan fingerprint density at radius 2 is 1.52 bits per heavy atom. The van der Waals surface area contributed by atoms with E-state index in [2.05, 4.69) is 12.1 Å². The van der Waals surface area contributed by atoms with Crippen molar-refractivity contribution in [1.82, 2.24) is 0 Å². The Labute approximate surface area is 130 Å². The molecule has 2 aromatic rings. The van der Waals surface area contributed by atoms with Crippen LogP contribution < -0.4 is 4.74 Å². The van der Waals surface area contributed by atoms with Gasteiger partial charge >= 0.3 is 5.97 Å². The number of carbonyl (C=O) groups is 1. The molecule has 2 nitrogen and oxygen atoms in total. The van der Waals surface area contributed by atoms with Gasteiger partial charge in [-0.05, 0) is 36.1 Å². The molecule has 110 valence electrons. The van der Waals surface area contributed by atoms with E-state index in [1.54, 1.807) is 0 Å². The Hall–Kier alpha value is -1.80. The normalized spacial score (nSPS) is 10.3. The standard InChI is InChI=1S/C18H19ClO2/c19-14-6-2-5-9-18(20)21-17-12-10-16(11-13-17)15-7-3-1-4-8-15/h1,3-4,7-8,10-13H,2,5-6,9,14H2. The number of unbranched alkanes of at least 4 members (excludes halogenated alkanes) is 2. The lowest BCUT2D eigenvalue weighted by Crippen LogP contribution is -2.07. The number of carbonyl (C=O) groups excluding carboxylic acids is 1. The minimum Gasteiger partial charge on any atom is -0.427 e. The fourth-order valence-corrected chi connectivity index (χ4v) is 2.26. The Morgan fingerprint density at radius 1 is 0.857 bits per heavy atom. The summed E-state index contributed by atoms with van der Waals surface area (Å²) in [6.07, 6.45) is 3.18. The number of rotatable bonds is 7. The van der Waals surface area contributed by atoms with E-state index >= 15 is 0 Å². The molecule has 3 heteroatoms. The minimum absolute atomic E-state index is 0.183. The highest BCUT2D eigenvalue weighted by Gasteiger charge is 2.05. The van der Waals surface area contributed by atoms with Crippen molar-refractivity contribution in [3.05, 3.63) is 54.6 Å². The first-order chi connectivity index (χ1) is 10.3. The Morgan fingerprint density at radius 3 is 2.19 bits per heavy atom. The number of halogens is 1. The highest BCUT2D eigenvalue weighted by atomic mass is 35.5. The van der Waals surface area contributed by atoms with Crippen molar-refractivity contribution in [1.29, 1.82) is 0 Å². The van der Waals surface area contributed by atoms with Gasteiger partial charge in [0.05, 0.1) is 0 Å². The third-order valence-electron chi connectivity index (χ3n) is 3.21. The van der Waals surface area contributed by atoms with E-state index in [9.17, 15) is 4.79 Å². The summed E-state index contributed by atoms with van der Waals surface area (Å²) in [7, 11) is 0. The van der Waals surface area contributed by atoms with Gasteiger partial charge in [-0.25, -0.2) is 0 Å². The summed E-state index contributed by atoms with van der Waals surface area (Å²) >= 11 is 5.60. The monoisotopic (exact) mass is 302 g/mol. The fraction of sp³-hybridized carbons (Fsp3) is 0.278. The molecule has 0 aliphatic rings. The number of esters is 1. The van der Waals surface area contributed by atoms with Gasteiger partial charge in [0.2, 0.25) is 0 Å². The van der Waals surface area contributed by atoms with Crippen molar-refractivity contribution in [3.8, 4) is 16.9 Å². The van der Waals surface area contributed by atoms with Gasteiger partial charge in [-0.15, -0.1) is 11.6 Å². The molecular weight excluding hydrogens is 284 g/mol. The first-order valence-corrected chi connectivity index (χ1v) is 7.75. The van der Waals surface area contributed by atoms with Gasteiger partial charge in [0.25, 0.3) is 0 Å². The average Bonchev–Trinajstić information content (AvgIpc) is 2.53. The molecule has 21 heavy (non-hydrogen) atoms. The van der Waals surface area contributed by atoms with Gasteiger partial charge in [-0.1, -0.05) is 48.9 Å². The zero-order valence-corrected chi connectivity index (χ0v) is 12.7. The van der Waals surface area contributed by atoms with Crippen molar-refractivity contribution in [2.75, 3.05) is 5.88 Å². The van der Waals surface area contributed by atoms with Crippen molar-refractivity contribution >= 4 is 17.6 Å². The second-order valence-electron chi connectivity index (χ2n) is 4.86. The van der Waals surface area contributed by atoms with Crippen molar-refractivity contribution in [2.24, 2.45) is 0 Å². The topological polar surface area (TPSA) is 26.3 Å². The van der Waals surface area contributed by atoms with E-state index in [1.807, 2.05) is 42.5 Å². The highest BCUT2D eigenvalue weighted by Crippen LogP contribution is 2.22. The molecule has 0 amide bonds. The van der Waals surface area contributed by atoms with E-state index in [0.29, 0.717) is 18.1 Å². The van der Waals surface area contributed by atoms with Crippen LogP contribution in [0.4, 0.5) is 0 Å². The molecule has 0 N–H and O–H groups in total. The van der Waals surface area contributed by atoms with Crippen LogP contribution in [0.3, 0.4) is 0 Å². The van der Waals surface area contributed by atoms with E-state index in [0.717, 1.165) is 30.4 Å². The molecule has 0 radical (unpaired) electrons. The van der Waals surface area contributed by atoms with Crippen LogP contribution in [0.15, 0.2) is 54.6 Å². The predicted molar refractivity (Wildman–Crippen MR) is 86.7 cm³/mol. The van der Waals surface area contributed by atoms with Crippen molar-refractivity contribution in [2.45, 2.75) is 25.7 Å². The third-order valence-corrected chi connectivity index (χ3v) is 3.47. The van der Waals surface area contributed by atoms with E-state index in [1.165, 1.54) is 0 Å². The molecular formula is C18H19ClO2. The molecule has 0 fully saturated rings. The maximum absolute atomic E-state index is 11.7. The van der Waals surface area contributed by atoms with Crippen LogP contribution in [-0.2, 0) is 4.79 Å². The number of ether oxygens (including phenoxy) is 1. The van der Waals surface area contributed by atoms with E-state index in [-0.39, 0.29) is 5.97 Å². The molecule has 2 rings (SSSR count). The van der Waals surface area contributed by atoms with Gasteiger partial charge in [0, 0.05) is 12.3 Å². The van der Waals surface area contributed by atoms with Gasteiger partial charge in [-0.3, -0.25) is 4.79 Å². The minimum atomic E-state index is -0.183. The summed E-state index contributed by atoms with van der Waals surface area (Å²) in [6, 6.07) is 17.7. The van der Waals surface area contributed by atoms with Crippen LogP contribution in [0, 0.1) is 0 Å². The third kappa shape index (κ3) is 5.24. The average molecular weight is 303 g/mol. The molecule has 0 aliphatic carbocycles. The molecule has 0 unspecified atom stereocenters. The lowest BCUT2D eigenvalue weighted by molar-refractivity contribution is -0.134. The number of benzene rings is 2. The summed E-state index contributed by atoms with van der Waals surface area (Å²) in [5.74, 6) is 1.06. The summed E-state index contributed by atoms with van der Waals surface area (Å²) in [4.78, 5) is 11.7. The van der Waals surface area contributed by atoms with Crippen molar-refractivity contribution < 1.29 is 9.53 Å². The Balaban J connectivity index is 1.86. The lowest BCUT2D eigenvalue weighted by Gasteiger charge is -2.06. The summed E-state index contributed by atoms with van der Waals surface area (Å²) in [5.41, 5.74) is 2.26. The lowest BCUT2D eigenvalue weighted by atomic mass is 10.1. The fourth-order valence-electron chi connectivity index (χ4n) is 2.07. The number of hydrogen-bond donors (Lipinski definition) is 0. The van der Waals surface area contributed by atoms with Crippen LogP contribution in [0.1, 0.15) is 25.7 Å². The smallest absolute Gasteiger partial charge is 0.311 e. The Kier molecular flexibility index (Phi) is 6.29. The van der Waals surface area contributed by atoms with Crippen molar-refractivity contribution in [3.63, 3.8) is 0 Å². The van der Waals surface area contributed by atoms with Crippen LogP contribution in [-0.4, -0.2) is 11.8 Å². The van der Waals surface area contributed by atoms with Crippen LogP contribution >= 0.6 is 11.6 Å². The summed E-state index contributed by atoms with van der Waals surface area (Å²) < 4.78 is 5.31. The van der Waals surface area contributed by atoms with Crippen LogP contribution in [0.2, 0.25) is 0 Å². The summed E-state index contributed by atoms with van der Waals surface area (Å²) in [5, 5.41) is 0. The molecule has 0 aromatic heterocycles. The predicted octanol–water partition coefficient (Wildman–Crippen LogP) is 5.06. The largest absolute Gasteiger partial charge is 0.427 e. The second-order valence-corrected chi connectivity index (χ2v) is 5.24. The maximum Gasteiger partial charge on any atom is 0.311 e. The van der Waals surface area contributed by atoms with Crippen LogP contribution in [0.5, 0.6) is 5.75 Å². The number of alkyl halides is 1. The molecule has 0 bridgehead atoms. The van der Waals surface area contributed by atoms with Gasteiger partial charge in [0.1, 0.15) is 5.75 Å². The number of hydrogen-bond acceptors (Lipinski definition) is 2. The van der Waals surface area contributed by atoms with E-state index < -0.39 is 0 Å². The first kappa shape index (κ1) is 15.6. The quantitative estimate of drug-likeness (QED) is 0.309.